The highest BCUT2D eigenvalue weighted by atomic mass is 19.3. The summed E-state index contributed by atoms with van der Waals surface area (Å²) in [6, 6.07) is 18.2. The standard InChI is InChI=1S/C41H40F2N6O8/c1-3-34(51)48-20-21-49(35(52)24-48)36-15-11-29(55-36)10-14-33(50)44-18-5-19-45-38(53)27-7-4-6-26(22-27)37-25(2)8-13-32(46-37)47-39(54)40(16-17-40)28-9-12-30-31(23-28)57-41(42,43)56-30/h3-4,6-9,11-13,15,22-23H,1,5,10,14,16-21,24H2,2H3,(H,44,50)(H,45,53)(H,46,47,54). The van der Waals surface area contributed by atoms with Gasteiger partial charge in [0.05, 0.1) is 11.1 Å². The van der Waals surface area contributed by atoms with Gasteiger partial charge < -0.3 is 34.7 Å². The molecule has 4 heterocycles. The molecule has 2 aromatic carbocycles. The van der Waals surface area contributed by atoms with Gasteiger partial charge in [0, 0.05) is 56.2 Å². The van der Waals surface area contributed by atoms with Crippen LogP contribution in [0.3, 0.4) is 0 Å². The molecule has 14 nitrogen and oxygen atoms in total. The second-order valence-electron chi connectivity index (χ2n) is 14.0. The Labute approximate surface area is 326 Å². The molecule has 0 atom stereocenters. The highest BCUT2D eigenvalue weighted by Gasteiger charge is 2.53. The molecule has 57 heavy (non-hydrogen) atoms. The van der Waals surface area contributed by atoms with Crippen LogP contribution < -0.4 is 30.3 Å². The summed E-state index contributed by atoms with van der Waals surface area (Å²) in [5, 5.41) is 8.58. The van der Waals surface area contributed by atoms with Crippen molar-refractivity contribution in [1.29, 1.82) is 0 Å². The SMILES string of the molecule is C=CC(=O)N1CCN(c2ccc(CCC(=O)NCCCNC(=O)c3cccc(-c4nc(NC(=O)C5(c6ccc7c(c6)OC(F)(F)O7)CC5)ccc4C)c3)o2)C(=O)C1. The molecule has 1 aliphatic carbocycles. The third-order valence-corrected chi connectivity index (χ3v) is 10.1. The van der Waals surface area contributed by atoms with Crippen LogP contribution in [0, 0.1) is 6.92 Å². The predicted molar refractivity (Wildman–Crippen MR) is 203 cm³/mol. The topological polar surface area (TPSA) is 172 Å². The first-order valence-electron chi connectivity index (χ1n) is 18.5. The first-order valence-corrected chi connectivity index (χ1v) is 18.5. The number of benzene rings is 2. The molecule has 2 fully saturated rings. The van der Waals surface area contributed by atoms with E-state index in [1.54, 1.807) is 42.5 Å². The quantitative estimate of drug-likeness (QED) is 0.119. The Balaban J connectivity index is 0.859. The van der Waals surface area contributed by atoms with Gasteiger partial charge in [0.15, 0.2) is 11.5 Å². The number of ether oxygens (including phenoxy) is 2. The van der Waals surface area contributed by atoms with Crippen LogP contribution in [0.15, 0.2) is 83.8 Å². The fourth-order valence-electron chi connectivity index (χ4n) is 6.77. The number of anilines is 2. The molecule has 1 saturated carbocycles. The second kappa shape index (κ2) is 15.9. The number of rotatable bonds is 14. The molecule has 1 saturated heterocycles. The highest BCUT2D eigenvalue weighted by molar-refractivity contribution is 6.01. The Hall–Kier alpha value is -6.58. The van der Waals surface area contributed by atoms with E-state index in [2.05, 4.69) is 37.0 Å². The van der Waals surface area contributed by atoms with Crippen molar-refractivity contribution in [3.63, 3.8) is 0 Å². The molecular formula is C41H40F2N6O8. The first-order chi connectivity index (χ1) is 27.3. The van der Waals surface area contributed by atoms with Crippen LogP contribution in [-0.2, 0) is 31.0 Å². The number of nitrogens with one attached hydrogen (secondary N) is 3. The summed E-state index contributed by atoms with van der Waals surface area (Å²) >= 11 is 0. The molecule has 2 aromatic heterocycles. The Morgan fingerprint density at radius 2 is 1.74 bits per heavy atom. The predicted octanol–water partition coefficient (Wildman–Crippen LogP) is 4.87. The number of piperazine rings is 1. The first kappa shape index (κ1) is 38.7. The number of halogens is 2. The number of fused-ring (bicyclic) bond motifs is 1. The Bertz CT molecular complexity index is 2250. The van der Waals surface area contributed by atoms with Crippen molar-refractivity contribution in [2.75, 3.05) is 42.9 Å². The smallest absolute Gasteiger partial charge is 0.445 e. The molecule has 0 radical (unpaired) electrons. The summed E-state index contributed by atoms with van der Waals surface area (Å²) < 4.78 is 42.0. The van der Waals surface area contributed by atoms with Gasteiger partial charge in [0.25, 0.3) is 5.91 Å². The number of amides is 5. The monoisotopic (exact) mass is 782 g/mol. The Morgan fingerprint density at radius 3 is 2.51 bits per heavy atom. The van der Waals surface area contributed by atoms with E-state index >= 15 is 0 Å². The van der Waals surface area contributed by atoms with Crippen LogP contribution >= 0.6 is 0 Å². The third-order valence-electron chi connectivity index (χ3n) is 10.1. The fourth-order valence-corrected chi connectivity index (χ4v) is 6.77. The Morgan fingerprint density at radius 1 is 0.947 bits per heavy atom. The number of nitrogens with zero attached hydrogens (tertiary/aromatic N) is 3. The van der Waals surface area contributed by atoms with Crippen LogP contribution in [0.1, 0.15) is 52.9 Å². The lowest BCUT2D eigenvalue weighted by Crippen LogP contribution is -2.52. The second-order valence-corrected chi connectivity index (χ2v) is 14.0. The average molecular weight is 783 g/mol. The van der Waals surface area contributed by atoms with Gasteiger partial charge in [-0.3, -0.25) is 28.9 Å². The van der Waals surface area contributed by atoms with Gasteiger partial charge in [0.2, 0.25) is 29.5 Å². The van der Waals surface area contributed by atoms with Crippen molar-refractivity contribution in [2.45, 2.75) is 50.7 Å². The van der Waals surface area contributed by atoms with Gasteiger partial charge in [0.1, 0.15) is 18.1 Å². The van der Waals surface area contributed by atoms with Crippen molar-refractivity contribution in [2.24, 2.45) is 0 Å². The fraction of sp³-hybridized carbons (Fsp3) is 0.317. The molecule has 3 aliphatic rings. The number of carbonyl (C=O) groups is 5. The molecule has 0 bridgehead atoms. The minimum atomic E-state index is -3.75. The summed E-state index contributed by atoms with van der Waals surface area (Å²) in [5.41, 5.74) is 2.09. The van der Waals surface area contributed by atoms with Crippen LogP contribution in [0.2, 0.25) is 0 Å². The summed E-state index contributed by atoms with van der Waals surface area (Å²) in [4.78, 5) is 70.9. The van der Waals surface area contributed by atoms with E-state index in [0.717, 1.165) is 5.56 Å². The van der Waals surface area contributed by atoms with Gasteiger partial charge in [-0.05, 0) is 79.8 Å². The van der Waals surface area contributed by atoms with Crippen LogP contribution in [0.25, 0.3) is 11.3 Å². The largest absolute Gasteiger partial charge is 0.586 e. The van der Waals surface area contributed by atoms with Crippen molar-refractivity contribution in [1.82, 2.24) is 20.5 Å². The zero-order chi connectivity index (χ0) is 40.3. The van der Waals surface area contributed by atoms with E-state index in [1.807, 2.05) is 19.1 Å². The maximum Gasteiger partial charge on any atom is 0.586 e. The number of carbonyl (C=O) groups excluding carboxylic acids is 5. The normalized spacial score (nSPS) is 16.2. The lowest BCUT2D eigenvalue weighted by molar-refractivity contribution is -0.286. The maximum absolute atomic E-state index is 13.6. The van der Waals surface area contributed by atoms with E-state index in [1.165, 1.54) is 28.0 Å². The molecule has 0 unspecified atom stereocenters. The minimum absolute atomic E-state index is 0.0595. The number of aryl methyl sites for hydroxylation is 2. The molecule has 296 valence electrons. The van der Waals surface area contributed by atoms with Crippen molar-refractivity contribution in [3.8, 4) is 22.8 Å². The number of hydrogen-bond donors (Lipinski definition) is 3. The molecule has 3 N–H and O–H groups in total. The zero-order valence-electron chi connectivity index (χ0n) is 31.1. The molecule has 2 aliphatic heterocycles. The average Bonchev–Trinajstić information content (AvgIpc) is 3.77. The van der Waals surface area contributed by atoms with Gasteiger partial charge in [-0.25, -0.2) is 4.98 Å². The van der Waals surface area contributed by atoms with Crippen LogP contribution in [-0.4, -0.2) is 78.4 Å². The zero-order valence-corrected chi connectivity index (χ0v) is 31.1. The minimum Gasteiger partial charge on any atom is -0.445 e. The molecule has 5 amide bonds. The molecule has 16 heteroatoms. The van der Waals surface area contributed by atoms with Gasteiger partial charge in [-0.2, -0.15) is 0 Å². The third kappa shape index (κ3) is 8.64. The van der Waals surface area contributed by atoms with E-state index in [0.29, 0.717) is 91.7 Å². The van der Waals surface area contributed by atoms with Gasteiger partial charge >= 0.3 is 6.29 Å². The van der Waals surface area contributed by atoms with E-state index in [4.69, 9.17) is 4.42 Å². The van der Waals surface area contributed by atoms with E-state index in [-0.39, 0.29) is 54.0 Å². The number of alkyl halides is 2. The lowest BCUT2D eigenvalue weighted by Gasteiger charge is -2.32. The molecule has 4 aromatic rings. The Kier molecular flexibility index (Phi) is 10.8. The highest BCUT2D eigenvalue weighted by Crippen LogP contribution is 2.52. The van der Waals surface area contributed by atoms with Gasteiger partial charge in [-0.15, -0.1) is 8.78 Å². The molecule has 0 spiro atoms. The number of aromatic nitrogens is 1. The van der Waals surface area contributed by atoms with E-state index < -0.39 is 11.7 Å². The lowest BCUT2D eigenvalue weighted by atomic mass is 9.94. The van der Waals surface area contributed by atoms with Crippen molar-refractivity contribution in [3.05, 3.63) is 102 Å². The molecular weight excluding hydrogens is 742 g/mol. The summed E-state index contributed by atoms with van der Waals surface area (Å²) in [6.07, 6.45) is -0.529. The van der Waals surface area contributed by atoms with Crippen LogP contribution in [0.4, 0.5) is 20.5 Å². The summed E-state index contributed by atoms with van der Waals surface area (Å²) in [6.45, 7) is 6.58. The van der Waals surface area contributed by atoms with Gasteiger partial charge in [-0.1, -0.05) is 30.8 Å². The summed E-state index contributed by atoms with van der Waals surface area (Å²) in [7, 11) is 0. The van der Waals surface area contributed by atoms with Crippen LogP contribution in [0.5, 0.6) is 11.5 Å². The molecule has 7 rings (SSSR count). The van der Waals surface area contributed by atoms with Crippen molar-refractivity contribution >= 4 is 41.2 Å². The van der Waals surface area contributed by atoms with Crippen molar-refractivity contribution < 1.29 is 46.6 Å². The summed E-state index contributed by atoms with van der Waals surface area (Å²) in [5.74, 6) is -0.365. The number of pyridine rings is 1. The van der Waals surface area contributed by atoms with E-state index in [9.17, 15) is 32.8 Å². The number of hydrogen-bond acceptors (Lipinski definition) is 9. The maximum atomic E-state index is 13.6. The number of furan rings is 1.